The van der Waals surface area contributed by atoms with Crippen LogP contribution in [0.5, 0.6) is 0 Å². The first-order chi connectivity index (χ1) is 9.50. The maximum Gasteiger partial charge on any atom is 0.248 e. The zero-order valence-corrected chi connectivity index (χ0v) is 11.6. The molecule has 4 bridgehead atoms. The Balaban J connectivity index is 1.84. The van der Waals surface area contributed by atoms with E-state index in [1.54, 1.807) is 0 Å². The molecule has 4 fully saturated rings. The summed E-state index contributed by atoms with van der Waals surface area (Å²) < 4.78 is 0. The van der Waals surface area contributed by atoms with Gasteiger partial charge in [-0.2, -0.15) is 0 Å². The van der Waals surface area contributed by atoms with Gasteiger partial charge >= 0.3 is 0 Å². The molecule has 0 aliphatic heterocycles. The Kier molecular flexibility index (Phi) is 2.39. The number of hydrogen-bond donors (Lipinski definition) is 2. The maximum atomic E-state index is 11.8. The number of carbonyl (C=O) groups is 1. The van der Waals surface area contributed by atoms with E-state index in [4.69, 9.17) is 5.73 Å². The van der Waals surface area contributed by atoms with E-state index in [1.807, 2.05) is 18.2 Å². The van der Waals surface area contributed by atoms with E-state index < -0.39 is 5.60 Å². The van der Waals surface area contributed by atoms with Crippen LogP contribution in [0.3, 0.4) is 0 Å². The van der Waals surface area contributed by atoms with Crippen molar-refractivity contribution in [2.24, 2.45) is 17.6 Å². The van der Waals surface area contributed by atoms with E-state index in [0.717, 1.165) is 37.7 Å². The van der Waals surface area contributed by atoms with Crippen molar-refractivity contribution in [3.05, 3.63) is 35.4 Å². The quantitative estimate of drug-likeness (QED) is 0.867. The Labute approximate surface area is 119 Å². The standard InChI is InChI=1S/C17H21NO2/c18-15(19)13-3-1-2-4-14(13)16-6-11-5-12(7-16)9-17(20,8-11)10-16/h1-4,11-12,20H,5-10H2,(H2,18,19). The molecule has 1 aromatic carbocycles. The van der Waals surface area contributed by atoms with Crippen molar-refractivity contribution < 1.29 is 9.90 Å². The lowest BCUT2D eigenvalue weighted by atomic mass is 9.46. The van der Waals surface area contributed by atoms with E-state index >= 15 is 0 Å². The summed E-state index contributed by atoms with van der Waals surface area (Å²) in [6, 6.07) is 7.75. The Morgan fingerprint density at radius 1 is 1.15 bits per heavy atom. The lowest BCUT2D eigenvalue weighted by Crippen LogP contribution is -2.57. The highest BCUT2D eigenvalue weighted by atomic mass is 16.3. The molecule has 0 radical (unpaired) electrons. The molecule has 0 saturated heterocycles. The van der Waals surface area contributed by atoms with Crippen molar-refractivity contribution >= 4 is 5.91 Å². The predicted molar refractivity (Wildman–Crippen MR) is 76.3 cm³/mol. The van der Waals surface area contributed by atoms with E-state index in [9.17, 15) is 9.90 Å². The highest BCUT2D eigenvalue weighted by Gasteiger charge is 2.58. The minimum absolute atomic E-state index is 0.0234. The first-order valence-corrected chi connectivity index (χ1v) is 7.61. The molecule has 0 aromatic heterocycles. The highest BCUT2D eigenvalue weighted by molar-refractivity contribution is 5.94. The minimum Gasteiger partial charge on any atom is -0.390 e. The monoisotopic (exact) mass is 271 g/mol. The van der Waals surface area contributed by atoms with Gasteiger partial charge in [-0.15, -0.1) is 0 Å². The van der Waals surface area contributed by atoms with Gasteiger partial charge in [0.1, 0.15) is 0 Å². The van der Waals surface area contributed by atoms with Gasteiger partial charge in [0.05, 0.1) is 5.60 Å². The molecule has 3 N–H and O–H groups in total. The van der Waals surface area contributed by atoms with E-state index in [2.05, 4.69) is 6.07 Å². The van der Waals surface area contributed by atoms with Crippen molar-refractivity contribution in [2.45, 2.75) is 49.5 Å². The normalized spacial score (nSPS) is 41.9. The van der Waals surface area contributed by atoms with Crippen molar-refractivity contribution in [2.75, 3.05) is 0 Å². The molecule has 4 aliphatic carbocycles. The molecule has 20 heavy (non-hydrogen) atoms. The molecule has 4 saturated carbocycles. The number of rotatable bonds is 2. The van der Waals surface area contributed by atoms with Crippen LogP contribution >= 0.6 is 0 Å². The van der Waals surface area contributed by atoms with Crippen molar-refractivity contribution in [1.82, 2.24) is 0 Å². The van der Waals surface area contributed by atoms with E-state index in [1.165, 1.54) is 6.42 Å². The average Bonchev–Trinajstić information content (AvgIpc) is 2.35. The largest absolute Gasteiger partial charge is 0.390 e. The second-order valence-electron chi connectivity index (χ2n) is 7.38. The molecule has 5 rings (SSSR count). The molecule has 0 spiro atoms. The van der Waals surface area contributed by atoms with Crippen LogP contribution in [0, 0.1) is 11.8 Å². The summed E-state index contributed by atoms with van der Waals surface area (Å²) in [4.78, 5) is 11.8. The number of nitrogens with two attached hydrogens (primary N) is 1. The van der Waals surface area contributed by atoms with Gasteiger partial charge in [-0.05, 0) is 67.4 Å². The predicted octanol–water partition coefficient (Wildman–Crippen LogP) is 2.37. The Morgan fingerprint density at radius 2 is 1.80 bits per heavy atom. The summed E-state index contributed by atoms with van der Waals surface area (Å²) in [5, 5.41) is 10.8. The molecule has 2 atom stereocenters. The number of primary amides is 1. The van der Waals surface area contributed by atoms with Crippen molar-refractivity contribution in [3.8, 4) is 0 Å². The van der Waals surface area contributed by atoms with Crippen molar-refractivity contribution in [1.29, 1.82) is 0 Å². The molecule has 106 valence electrons. The first kappa shape index (κ1) is 12.4. The SMILES string of the molecule is NC(=O)c1ccccc1C12CC3CC(CC(O)(C3)C1)C2. The number of carbonyl (C=O) groups excluding carboxylic acids is 1. The van der Waals surface area contributed by atoms with E-state index in [0.29, 0.717) is 17.4 Å². The molecule has 3 heteroatoms. The maximum absolute atomic E-state index is 11.8. The first-order valence-electron chi connectivity index (χ1n) is 7.61. The smallest absolute Gasteiger partial charge is 0.248 e. The Hall–Kier alpha value is -1.35. The molecule has 0 heterocycles. The van der Waals surface area contributed by atoms with Crippen molar-refractivity contribution in [3.63, 3.8) is 0 Å². The summed E-state index contributed by atoms with van der Waals surface area (Å²) in [6.07, 6.45) is 6.17. The fourth-order valence-electron chi connectivity index (χ4n) is 5.69. The zero-order chi connectivity index (χ0) is 14.0. The summed E-state index contributed by atoms with van der Waals surface area (Å²) in [5.74, 6) is 0.882. The molecule has 1 amide bonds. The van der Waals surface area contributed by atoms with Gasteiger partial charge in [0.15, 0.2) is 0 Å². The average molecular weight is 271 g/mol. The number of amides is 1. The van der Waals surface area contributed by atoms with E-state index in [-0.39, 0.29) is 11.3 Å². The summed E-state index contributed by atoms with van der Waals surface area (Å²) in [5.41, 5.74) is 6.77. The van der Waals surface area contributed by atoms with Gasteiger partial charge < -0.3 is 10.8 Å². The van der Waals surface area contributed by atoms with Gasteiger partial charge in [-0.1, -0.05) is 18.2 Å². The molecule has 1 aromatic rings. The van der Waals surface area contributed by atoms with Crippen LogP contribution in [0.1, 0.15) is 54.4 Å². The van der Waals surface area contributed by atoms with Crippen LogP contribution in [-0.4, -0.2) is 16.6 Å². The van der Waals surface area contributed by atoms with Crippen LogP contribution < -0.4 is 5.73 Å². The van der Waals surface area contributed by atoms with Crippen LogP contribution in [0.25, 0.3) is 0 Å². The van der Waals surface area contributed by atoms with Gasteiger partial charge in [-0.25, -0.2) is 0 Å². The second kappa shape index (κ2) is 3.85. The number of aliphatic hydroxyl groups is 1. The summed E-state index contributed by atoms with van der Waals surface area (Å²) in [7, 11) is 0. The van der Waals surface area contributed by atoms with Crippen LogP contribution in [0.4, 0.5) is 0 Å². The zero-order valence-electron chi connectivity index (χ0n) is 11.6. The Bertz CT molecular complexity index is 566. The topological polar surface area (TPSA) is 63.3 Å². The van der Waals surface area contributed by atoms with Gasteiger partial charge in [-0.3, -0.25) is 4.79 Å². The number of benzene rings is 1. The lowest BCUT2D eigenvalue weighted by molar-refractivity contribution is -0.137. The fraction of sp³-hybridized carbons (Fsp3) is 0.588. The van der Waals surface area contributed by atoms with Crippen LogP contribution in [-0.2, 0) is 5.41 Å². The van der Waals surface area contributed by atoms with Gasteiger partial charge in [0.2, 0.25) is 5.91 Å². The minimum atomic E-state index is -0.505. The molecule has 4 aliphatic rings. The summed E-state index contributed by atoms with van der Waals surface area (Å²) in [6.45, 7) is 0. The third kappa shape index (κ3) is 1.65. The molecule has 2 unspecified atom stereocenters. The fourth-order valence-corrected chi connectivity index (χ4v) is 5.69. The number of hydrogen-bond acceptors (Lipinski definition) is 2. The highest BCUT2D eigenvalue weighted by Crippen LogP contribution is 2.62. The molecular weight excluding hydrogens is 250 g/mol. The second-order valence-corrected chi connectivity index (χ2v) is 7.38. The van der Waals surface area contributed by atoms with Crippen LogP contribution in [0.2, 0.25) is 0 Å². The van der Waals surface area contributed by atoms with Gasteiger partial charge in [0, 0.05) is 5.56 Å². The molecule has 3 nitrogen and oxygen atoms in total. The third-order valence-corrected chi connectivity index (χ3v) is 5.79. The molecular formula is C17H21NO2. The Morgan fingerprint density at radius 3 is 2.40 bits per heavy atom. The third-order valence-electron chi connectivity index (χ3n) is 5.79. The summed E-state index contributed by atoms with van der Waals surface area (Å²) >= 11 is 0. The lowest BCUT2D eigenvalue weighted by Gasteiger charge is -2.60. The van der Waals surface area contributed by atoms with Crippen LogP contribution in [0.15, 0.2) is 24.3 Å². The van der Waals surface area contributed by atoms with Gasteiger partial charge in [0.25, 0.3) is 0 Å².